The molecule has 104 valence electrons. The Morgan fingerprint density at radius 3 is 2.53 bits per heavy atom. The van der Waals surface area contributed by atoms with E-state index in [0.29, 0.717) is 11.8 Å². The van der Waals surface area contributed by atoms with Crippen molar-refractivity contribution in [1.82, 2.24) is 5.32 Å². The Balaban J connectivity index is 1.58. The fourth-order valence-corrected chi connectivity index (χ4v) is 3.23. The predicted octanol–water partition coefficient (Wildman–Crippen LogP) is 3.68. The first-order valence-corrected chi connectivity index (χ1v) is 7.39. The maximum atomic E-state index is 13.2. The molecule has 2 aliphatic carbocycles. The topological polar surface area (TPSA) is 12.0 Å². The minimum absolute atomic E-state index is 0.621. The first-order chi connectivity index (χ1) is 9.22. The van der Waals surface area contributed by atoms with Crippen LogP contribution in [-0.2, 0) is 6.42 Å². The number of benzene rings is 1. The van der Waals surface area contributed by atoms with Crippen LogP contribution in [0.2, 0.25) is 0 Å². The van der Waals surface area contributed by atoms with E-state index >= 15 is 0 Å². The standard InChI is InChI=1S/C16H21F2N/c17-15-7-4-11(9-16(15)18)8-12-2-1-3-13(12)10-19-14-5-6-14/h4,7,9,12-14,19H,1-3,5-6,8,10H2. The fourth-order valence-electron chi connectivity index (χ4n) is 3.23. The molecule has 0 amide bonds. The summed E-state index contributed by atoms with van der Waals surface area (Å²) in [5.74, 6) is -0.143. The van der Waals surface area contributed by atoms with Gasteiger partial charge in [0.25, 0.3) is 0 Å². The van der Waals surface area contributed by atoms with Gasteiger partial charge in [-0.05, 0) is 68.2 Å². The molecule has 2 aliphatic rings. The summed E-state index contributed by atoms with van der Waals surface area (Å²) in [6.45, 7) is 1.10. The third-order valence-electron chi connectivity index (χ3n) is 4.54. The molecule has 0 heterocycles. The van der Waals surface area contributed by atoms with Gasteiger partial charge in [0.05, 0.1) is 0 Å². The summed E-state index contributed by atoms with van der Waals surface area (Å²) in [6, 6.07) is 5.09. The Morgan fingerprint density at radius 1 is 1.00 bits per heavy atom. The van der Waals surface area contributed by atoms with Gasteiger partial charge in [-0.15, -0.1) is 0 Å². The van der Waals surface area contributed by atoms with Crippen molar-refractivity contribution in [2.75, 3.05) is 6.54 Å². The summed E-state index contributed by atoms with van der Waals surface area (Å²) in [5.41, 5.74) is 0.933. The molecule has 0 aromatic heterocycles. The molecule has 0 spiro atoms. The van der Waals surface area contributed by atoms with E-state index in [1.165, 1.54) is 44.2 Å². The number of hydrogen-bond donors (Lipinski definition) is 1. The first-order valence-electron chi connectivity index (χ1n) is 7.39. The fraction of sp³-hybridized carbons (Fsp3) is 0.625. The molecule has 0 saturated heterocycles. The molecule has 1 aromatic rings. The minimum atomic E-state index is -0.748. The van der Waals surface area contributed by atoms with E-state index < -0.39 is 11.6 Å². The summed E-state index contributed by atoms with van der Waals surface area (Å²) < 4.78 is 26.1. The third-order valence-corrected chi connectivity index (χ3v) is 4.54. The van der Waals surface area contributed by atoms with Gasteiger partial charge in [-0.1, -0.05) is 12.5 Å². The van der Waals surface area contributed by atoms with Crippen LogP contribution in [0.15, 0.2) is 18.2 Å². The van der Waals surface area contributed by atoms with Gasteiger partial charge < -0.3 is 5.32 Å². The monoisotopic (exact) mass is 265 g/mol. The summed E-state index contributed by atoms with van der Waals surface area (Å²) in [7, 11) is 0. The Hall–Kier alpha value is -0.960. The lowest BCUT2D eigenvalue weighted by atomic mass is 9.89. The molecule has 0 radical (unpaired) electrons. The van der Waals surface area contributed by atoms with E-state index in [0.717, 1.165) is 24.6 Å². The SMILES string of the molecule is Fc1ccc(CC2CCCC2CNC2CC2)cc1F. The zero-order chi connectivity index (χ0) is 13.2. The predicted molar refractivity (Wildman–Crippen MR) is 71.9 cm³/mol. The Labute approximate surface area is 113 Å². The van der Waals surface area contributed by atoms with Gasteiger partial charge in [0.2, 0.25) is 0 Å². The second-order valence-electron chi connectivity index (χ2n) is 6.09. The average molecular weight is 265 g/mol. The summed E-state index contributed by atoms with van der Waals surface area (Å²) in [6.07, 6.45) is 7.28. The molecule has 19 heavy (non-hydrogen) atoms. The molecule has 0 aliphatic heterocycles. The highest BCUT2D eigenvalue weighted by Gasteiger charge is 2.29. The molecule has 1 nitrogen and oxygen atoms in total. The van der Waals surface area contributed by atoms with Crippen LogP contribution in [0.1, 0.15) is 37.7 Å². The van der Waals surface area contributed by atoms with Gasteiger partial charge in [-0.3, -0.25) is 0 Å². The molecule has 3 heteroatoms. The minimum Gasteiger partial charge on any atom is -0.314 e. The quantitative estimate of drug-likeness (QED) is 0.856. The molecule has 1 N–H and O–H groups in total. The molecule has 3 rings (SSSR count). The Kier molecular flexibility index (Phi) is 3.83. The van der Waals surface area contributed by atoms with Gasteiger partial charge in [-0.2, -0.15) is 0 Å². The lowest BCUT2D eigenvalue weighted by molar-refractivity contribution is 0.363. The highest BCUT2D eigenvalue weighted by atomic mass is 19.2. The molecule has 1 aromatic carbocycles. The summed E-state index contributed by atoms with van der Waals surface area (Å²) >= 11 is 0. The van der Waals surface area contributed by atoms with E-state index in [-0.39, 0.29) is 0 Å². The van der Waals surface area contributed by atoms with Crippen molar-refractivity contribution in [1.29, 1.82) is 0 Å². The largest absolute Gasteiger partial charge is 0.314 e. The van der Waals surface area contributed by atoms with Crippen molar-refractivity contribution in [2.45, 2.75) is 44.6 Å². The number of hydrogen-bond acceptors (Lipinski definition) is 1. The molecule has 2 fully saturated rings. The van der Waals surface area contributed by atoms with Crippen LogP contribution in [-0.4, -0.2) is 12.6 Å². The van der Waals surface area contributed by atoms with E-state index in [1.807, 2.05) is 0 Å². The van der Waals surface area contributed by atoms with Gasteiger partial charge in [0, 0.05) is 6.04 Å². The zero-order valence-electron chi connectivity index (χ0n) is 11.2. The number of rotatable bonds is 5. The normalized spacial score (nSPS) is 26.8. The highest BCUT2D eigenvalue weighted by molar-refractivity contribution is 5.18. The first kappa shape index (κ1) is 13.0. The maximum Gasteiger partial charge on any atom is 0.159 e. The Morgan fingerprint density at radius 2 is 1.79 bits per heavy atom. The average Bonchev–Trinajstić information content (AvgIpc) is 3.12. The van der Waals surface area contributed by atoms with Crippen LogP contribution >= 0.6 is 0 Å². The Bertz CT molecular complexity index is 442. The van der Waals surface area contributed by atoms with Crippen molar-refractivity contribution in [3.05, 3.63) is 35.4 Å². The lowest BCUT2D eigenvalue weighted by Crippen LogP contribution is -2.27. The van der Waals surface area contributed by atoms with Crippen molar-refractivity contribution < 1.29 is 8.78 Å². The van der Waals surface area contributed by atoms with E-state index in [9.17, 15) is 8.78 Å². The molecular weight excluding hydrogens is 244 g/mol. The van der Waals surface area contributed by atoms with Crippen LogP contribution in [0.25, 0.3) is 0 Å². The van der Waals surface area contributed by atoms with Gasteiger partial charge in [0.15, 0.2) is 11.6 Å². The highest BCUT2D eigenvalue weighted by Crippen LogP contribution is 2.34. The second-order valence-corrected chi connectivity index (χ2v) is 6.09. The maximum absolute atomic E-state index is 13.2. The van der Waals surface area contributed by atoms with Gasteiger partial charge >= 0.3 is 0 Å². The van der Waals surface area contributed by atoms with Crippen LogP contribution in [0.4, 0.5) is 8.78 Å². The molecule has 2 saturated carbocycles. The van der Waals surface area contributed by atoms with Crippen LogP contribution in [0.5, 0.6) is 0 Å². The molecular formula is C16H21F2N. The second kappa shape index (κ2) is 5.58. The van der Waals surface area contributed by atoms with Gasteiger partial charge in [0.1, 0.15) is 0 Å². The lowest BCUT2D eigenvalue weighted by Gasteiger charge is -2.20. The number of nitrogens with one attached hydrogen (secondary N) is 1. The van der Waals surface area contributed by atoms with Crippen LogP contribution in [0, 0.1) is 23.5 Å². The van der Waals surface area contributed by atoms with Crippen LogP contribution < -0.4 is 5.32 Å². The zero-order valence-corrected chi connectivity index (χ0v) is 11.2. The van der Waals surface area contributed by atoms with E-state index in [1.54, 1.807) is 6.07 Å². The van der Waals surface area contributed by atoms with Crippen molar-refractivity contribution >= 4 is 0 Å². The molecule has 0 bridgehead atoms. The smallest absolute Gasteiger partial charge is 0.159 e. The summed E-state index contributed by atoms with van der Waals surface area (Å²) in [4.78, 5) is 0. The van der Waals surface area contributed by atoms with Crippen LogP contribution in [0.3, 0.4) is 0 Å². The summed E-state index contributed by atoms with van der Waals surface area (Å²) in [5, 5.41) is 3.60. The van der Waals surface area contributed by atoms with E-state index in [4.69, 9.17) is 0 Å². The molecule has 2 atom stereocenters. The molecule has 2 unspecified atom stereocenters. The van der Waals surface area contributed by atoms with E-state index in [2.05, 4.69) is 5.32 Å². The number of halogens is 2. The third kappa shape index (κ3) is 3.33. The van der Waals surface area contributed by atoms with Crippen molar-refractivity contribution in [3.8, 4) is 0 Å². The van der Waals surface area contributed by atoms with Crippen molar-refractivity contribution in [3.63, 3.8) is 0 Å². The van der Waals surface area contributed by atoms with Gasteiger partial charge in [-0.25, -0.2) is 8.78 Å². The van der Waals surface area contributed by atoms with Crippen molar-refractivity contribution in [2.24, 2.45) is 11.8 Å².